The second-order valence-electron chi connectivity index (χ2n) is 5.63. The largest absolute Gasteiger partial charge is 0.371 e. The van der Waals surface area contributed by atoms with Gasteiger partial charge in [-0.2, -0.15) is 0 Å². The van der Waals surface area contributed by atoms with E-state index in [-0.39, 0.29) is 0 Å². The van der Waals surface area contributed by atoms with Gasteiger partial charge in [0, 0.05) is 18.8 Å². The summed E-state index contributed by atoms with van der Waals surface area (Å²) >= 11 is 0. The summed E-state index contributed by atoms with van der Waals surface area (Å²) in [7, 11) is 0. The topological polar surface area (TPSA) is 29.3 Å². The molecule has 0 aromatic heterocycles. The quantitative estimate of drug-likeness (QED) is 0.863. The zero-order chi connectivity index (χ0) is 13.0. The molecule has 2 N–H and O–H groups in total. The van der Waals surface area contributed by atoms with Crippen molar-refractivity contribution < 1.29 is 0 Å². The minimum atomic E-state index is 0.596. The van der Waals surface area contributed by atoms with E-state index in [1.54, 1.807) is 0 Å². The number of nitrogens with zero attached hydrogens (tertiary/aromatic N) is 1. The third-order valence-corrected chi connectivity index (χ3v) is 3.83. The molecule has 2 rings (SSSR count). The summed E-state index contributed by atoms with van der Waals surface area (Å²) in [6, 6.07) is 7.01. The fourth-order valence-corrected chi connectivity index (χ4v) is 2.77. The summed E-state index contributed by atoms with van der Waals surface area (Å²) in [5, 5.41) is 0. The lowest BCUT2D eigenvalue weighted by Gasteiger charge is -2.24. The molecule has 1 aromatic rings. The molecule has 0 radical (unpaired) electrons. The Hall–Kier alpha value is -1.02. The number of aryl methyl sites for hydroxylation is 1. The van der Waals surface area contributed by atoms with Crippen LogP contribution in [0.1, 0.15) is 50.2 Å². The lowest BCUT2D eigenvalue weighted by molar-refractivity contribution is 0.814. The molecule has 0 aliphatic carbocycles. The van der Waals surface area contributed by atoms with Gasteiger partial charge in [-0.15, -0.1) is 0 Å². The van der Waals surface area contributed by atoms with Crippen LogP contribution in [0.15, 0.2) is 18.2 Å². The molecule has 18 heavy (non-hydrogen) atoms. The van der Waals surface area contributed by atoms with Crippen LogP contribution in [-0.2, 0) is 6.42 Å². The molecule has 0 bridgehead atoms. The Morgan fingerprint density at radius 1 is 1.22 bits per heavy atom. The summed E-state index contributed by atoms with van der Waals surface area (Å²) < 4.78 is 0. The van der Waals surface area contributed by atoms with Crippen LogP contribution >= 0.6 is 0 Å². The van der Waals surface area contributed by atoms with E-state index in [0.717, 1.165) is 19.4 Å². The van der Waals surface area contributed by atoms with Crippen LogP contribution in [0.2, 0.25) is 0 Å². The predicted octanol–water partition coefficient (Wildman–Crippen LogP) is 3.30. The average molecular weight is 246 g/mol. The van der Waals surface area contributed by atoms with E-state index in [9.17, 15) is 0 Å². The molecule has 1 aliphatic rings. The molecule has 0 unspecified atom stereocenters. The van der Waals surface area contributed by atoms with Crippen LogP contribution in [0.5, 0.6) is 0 Å². The van der Waals surface area contributed by atoms with Crippen LogP contribution < -0.4 is 10.6 Å². The fraction of sp³-hybridized carbons (Fsp3) is 0.625. The molecular weight excluding hydrogens is 220 g/mol. The summed E-state index contributed by atoms with van der Waals surface area (Å²) in [5.41, 5.74) is 10.00. The SMILES string of the molecule is CC(C)c1cc(CCCN)ccc1N1CCCC1. The van der Waals surface area contributed by atoms with E-state index >= 15 is 0 Å². The van der Waals surface area contributed by atoms with Gasteiger partial charge in [-0.25, -0.2) is 0 Å². The summed E-state index contributed by atoms with van der Waals surface area (Å²) in [4.78, 5) is 2.54. The Bertz CT molecular complexity index is 379. The van der Waals surface area contributed by atoms with Gasteiger partial charge in [0.05, 0.1) is 0 Å². The van der Waals surface area contributed by atoms with E-state index in [0.29, 0.717) is 5.92 Å². The van der Waals surface area contributed by atoms with Crippen molar-refractivity contribution in [3.8, 4) is 0 Å². The monoisotopic (exact) mass is 246 g/mol. The molecule has 2 heteroatoms. The van der Waals surface area contributed by atoms with Crippen LogP contribution in [-0.4, -0.2) is 19.6 Å². The maximum Gasteiger partial charge on any atom is 0.0401 e. The zero-order valence-corrected chi connectivity index (χ0v) is 11.8. The standard InChI is InChI=1S/C16H26N2/c1-13(2)15-12-14(6-5-9-17)7-8-16(15)18-10-3-4-11-18/h7-8,12-13H,3-6,9-11,17H2,1-2H3. The van der Waals surface area contributed by atoms with Crippen molar-refractivity contribution in [3.63, 3.8) is 0 Å². The number of rotatable bonds is 5. The van der Waals surface area contributed by atoms with Gasteiger partial charge in [-0.05, 0) is 55.3 Å². The summed E-state index contributed by atoms with van der Waals surface area (Å²) in [6.45, 7) is 7.82. The maximum absolute atomic E-state index is 5.60. The third-order valence-electron chi connectivity index (χ3n) is 3.83. The van der Waals surface area contributed by atoms with Crippen molar-refractivity contribution in [3.05, 3.63) is 29.3 Å². The molecule has 1 aromatic carbocycles. The average Bonchev–Trinajstić information content (AvgIpc) is 2.89. The van der Waals surface area contributed by atoms with Crippen LogP contribution in [0.3, 0.4) is 0 Å². The maximum atomic E-state index is 5.60. The zero-order valence-electron chi connectivity index (χ0n) is 11.8. The Morgan fingerprint density at radius 3 is 2.56 bits per heavy atom. The first-order valence-electron chi connectivity index (χ1n) is 7.30. The minimum absolute atomic E-state index is 0.596. The van der Waals surface area contributed by atoms with E-state index in [1.165, 1.54) is 42.7 Å². The molecule has 100 valence electrons. The molecule has 1 fully saturated rings. The second-order valence-corrected chi connectivity index (χ2v) is 5.63. The van der Waals surface area contributed by atoms with Gasteiger partial charge in [0.1, 0.15) is 0 Å². The highest BCUT2D eigenvalue weighted by molar-refractivity contribution is 5.57. The second kappa shape index (κ2) is 6.24. The highest BCUT2D eigenvalue weighted by Crippen LogP contribution is 2.31. The first kappa shape index (κ1) is 13.4. The van der Waals surface area contributed by atoms with Gasteiger partial charge >= 0.3 is 0 Å². The number of benzene rings is 1. The lowest BCUT2D eigenvalue weighted by atomic mass is 9.96. The molecule has 2 nitrogen and oxygen atoms in total. The normalized spacial score (nSPS) is 15.7. The molecule has 0 amide bonds. The van der Waals surface area contributed by atoms with E-state index in [4.69, 9.17) is 5.73 Å². The first-order chi connectivity index (χ1) is 8.72. The van der Waals surface area contributed by atoms with Crippen molar-refractivity contribution in [2.45, 2.75) is 45.4 Å². The van der Waals surface area contributed by atoms with Crippen LogP contribution in [0, 0.1) is 0 Å². The minimum Gasteiger partial charge on any atom is -0.371 e. The van der Waals surface area contributed by atoms with E-state index in [2.05, 4.69) is 36.9 Å². The van der Waals surface area contributed by atoms with Gasteiger partial charge in [-0.1, -0.05) is 26.0 Å². The number of hydrogen-bond acceptors (Lipinski definition) is 2. The van der Waals surface area contributed by atoms with Gasteiger partial charge in [-0.3, -0.25) is 0 Å². The highest BCUT2D eigenvalue weighted by Gasteiger charge is 2.17. The van der Waals surface area contributed by atoms with Gasteiger partial charge < -0.3 is 10.6 Å². The molecule has 1 aliphatic heterocycles. The fourth-order valence-electron chi connectivity index (χ4n) is 2.77. The van der Waals surface area contributed by atoms with Gasteiger partial charge in [0.15, 0.2) is 0 Å². The Labute approximate surface area is 111 Å². The highest BCUT2D eigenvalue weighted by atomic mass is 15.1. The smallest absolute Gasteiger partial charge is 0.0401 e. The molecule has 0 atom stereocenters. The molecule has 1 heterocycles. The molecule has 0 saturated carbocycles. The van der Waals surface area contributed by atoms with Gasteiger partial charge in [0.2, 0.25) is 0 Å². The van der Waals surface area contributed by atoms with E-state index < -0.39 is 0 Å². The molecule has 1 saturated heterocycles. The van der Waals surface area contributed by atoms with Crippen molar-refractivity contribution >= 4 is 5.69 Å². The Balaban J connectivity index is 2.23. The van der Waals surface area contributed by atoms with Crippen molar-refractivity contribution in [1.29, 1.82) is 0 Å². The van der Waals surface area contributed by atoms with Crippen molar-refractivity contribution in [1.82, 2.24) is 0 Å². The molecule has 0 spiro atoms. The van der Waals surface area contributed by atoms with Gasteiger partial charge in [0.25, 0.3) is 0 Å². The Morgan fingerprint density at radius 2 is 1.94 bits per heavy atom. The predicted molar refractivity (Wildman–Crippen MR) is 79.4 cm³/mol. The van der Waals surface area contributed by atoms with E-state index in [1.807, 2.05) is 0 Å². The summed E-state index contributed by atoms with van der Waals surface area (Å²) in [5.74, 6) is 0.596. The van der Waals surface area contributed by atoms with Crippen molar-refractivity contribution in [2.24, 2.45) is 5.73 Å². The lowest BCUT2D eigenvalue weighted by Crippen LogP contribution is -2.19. The number of nitrogens with two attached hydrogens (primary N) is 1. The summed E-state index contributed by atoms with van der Waals surface area (Å²) in [6.07, 6.45) is 4.87. The first-order valence-corrected chi connectivity index (χ1v) is 7.30. The van der Waals surface area contributed by atoms with Crippen molar-refractivity contribution in [2.75, 3.05) is 24.5 Å². The number of hydrogen-bond donors (Lipinski definition) is 1. The third kappa shape index (κ3) is 3.05. The van der Waals surface area contributed by atoms with Crippen LogP contribution in [0.4, 0.5) is 5.69 Å². The van der Waals surface area contributed by atoms with Crippen LogP contribution in [0.25, 0.3) is 0 Å². The molecular formula is C16H26N2. The number of anilines is 1. The Kier molecular flexibility index (Phi) is 4.65.